The van der Waals surface area contributed by atoms with Crippen LogP contribution in [0.4, 0.5) is 0 Å². The number of rotatable bonds is 3. The third-order valence-electron chi connectivity index (χ3n) is 3.28. The molecule has 0 aromatic carbocycles. The summed E-state index contributed by atoms with van der Waals surface area (Å²) >= 11 is 0. The van der Waals surface area contributed by atoms with Crippen LogP contribution in [-0.4, -0.2) is 37.1 Å². The van der Waals surface area contributed by atoms with Crippen molar-refractivity contribution in [1.29, 1.82) is 0 Å². The summed E-state index contributed by atoms with van der Waals surface area (Å²) in [5.41, 5.74) is 1.23. The van der Waals surface area contributed by atoms with Crippen molar-refractivity contribution in [1.82, 2.24) is 10.2 Å². The van der Waals surface area contributed by atoms with Crippen molar-refractivity contribution in [3.8, 4) is 0 Å². The standard InChI is InChI=1S/C12H24N2/c1-9(2)7-13-12-6-11(4)14(5)8-10(12)3/h10-13H,1,6-8H2,2-5H3. The Labute approximate surface area is 88.4 Å². The van der Waals surface area contributed by atoms with Gasteiger partial charge in [0.05, 0.1) is 0 Å². The van der Waals surface area contributed by atoms with Crippen LogP contribution in [0.5, 0.6) is 0 Å². The Hall–Kier alpha value is -0.340. The molecule has 0 saturated carbocycles. The molecule has 2 heteroatoms. The van der Waals surface area contributed by atoms with E-state index in [-0.39, 0.29) is 0 Å². The van der Waals surface area contributed by atoms with Crippen LogP contribution in [0.1, 0.15) is 27.2 Å². The Bertz CT molecular complexity index is 200. The second kappa shape index (κ2) is 4.94. The lowest BCUT2D eigenvalue weighted by molar-refractivity contribution is 0.123. The molecular formula is C12H24N2. The first kappa shape index (κ1) is 11.7. The van der Waals surface area contributed by atoms with Crippen LogP contribution in [0.15, 0.2) is 12.2 Å². The van der Waals surface area contributed by atoms with Crippen molar-refractivity contribution in [2.45, 2.75) is 39.3 Å². The van der Waals surface area contributed by atoms with Crippen molar-refractivity contribution in [2.24, 2.45) is 5.92 Å². The van der Waals surface area contributed by atoms with Crippen molar-refractivity contribution in [3.05, 3.63) is 12.2 Å². The molecule has 0 spiro atoms. The lowest BCUT2D eigenvalue weighted by Crippen LogP contribution is -2.51. The Morgan fingerprint density at radius 2 is 2.14 bits per heavy atom. The summed E-state index contributed by atoms with van der Waals surface area (Å²) in [5, 5.41) is 3.60. The maximum Gasteiger partial charge on any atom is 0.0161 e. The van der Waals surface area contributed by atoms with Gasteiger partial charge in [-0.15, -0.1) is 0 Å². The van der Waals surface area contributed by atoms with Gasteiger partial charge in [-0.1, -0.05) is 19.1 Å². The maximum atomic E-state index is 3.93. The van der Waals surface area contributed by atoms with Crippen molar-refractivity contribution in [2.75, 3.05) is 20.1 Å². The third-order valence-corrected chi connectivity index (χ3v) is 3.28. The molecule has 82 valence electrons. The minimum absolute atomic E-state index is 0.665. The molecule has 0 aliphatic carbocycles. The van der Waals surface area contributed by atoms with Gasteiger partial charge in [-0.25, -0.2) is 0 Å². The average Bonchev–Trinajstić information content (AvgIpc) is 2.09. The normalized spacial score (nSPS) is 34.4. The Balaban J connectivity index is 2.40. The SMILES string of the molecule is C=C(C)CNC1CC(C)N(C)CC1C. The first-order chi connectivity index (χ1) is 6.50. The Morgan fingerprint density at radius 1 is 1.50 bits per heavy atom. The molecule has 3 atom stereocenters. The van der Waals surface area contributed by atoms with Crippen LogP contribution in [0.25, 0.3) is 0 Å². The predicted molar refractivity (Wildman–Crippen MR) is 62.5 cm³/mol. The molecule has 1 aliphatic rings. The highest BCUT2D eigenvalue weighted by Gasteiger charge is 2.28. The van der Waals surface area contributed by atoms with Gasteiger partial charge in [0.1, 0.15) is 0 Å². The van der Waals surface area contributed by atoms with E-state index in [4.69, 9.17) is 0 Å². The molecule has 1 fully saturated rings. The number of hydrogen-bond donors (Lipinski definition) is 1. The molecular weight excluding hydrogens is 172 g/mol. The van der Waals surface area contributed by atoms with E-state index < -0.39 is 0 Å². The highest BCUT2D eigenvalue weighted by atomic mass is 15.2. The molecule has 1 N–H and O–H groups in total. The first-order valence-corrected chi connectivity index (χ1v) is 5.58. The molecule has 0 radical (unpaired) electrons. The van der Waals surface area contributed by atoms with Gasteiger partial charge in [0.25, 0.3) is 0 Å². The summed E-state index contributed by atoms with van der Waals surface area (Å²) in [7, 11) is 2.22. The number of nitrogens with one attached hydrogen (secondary N) is 1. The molecule has 0 aromatic rings. The van der Waals surface area contributed by atoms with Gasteiger partial charge in [-0.2, -0.15) is 0 Å². The zero-order valence-corrected chi connectivity index (χ0v) is 10.0. The molecule has 1 heterocycles. The molecule has 14 heavy (non-hydrogen) atoms. The minimum Gasteiger partial charge on any atom is -0.310 e. The predicted octanol–water partition coefficient (Wildman–Crippen LogP) is 1.88. The van der Waals surface area contributed by atoms with Gasteiger partial charge in [-0.3, -0.25) is 0 Å². The van der Waals surface area contributed by atoms with Crippen LogP contribution >= 0.6 is 0 Å². The van der Waals surface area contributed by atoms with Gasteiger partial charge < -0.3 is 10.2 Å². The summed E-state index contributed by atoms with van der Waals surface area (Å²) < 4.78 is 0. The fraction of sp³-hybridized carbons (Fsp3) is 0.833. The van der Waals surface area contributed by atoms with E-state index in [1.165, 1.54) is 18.5 Å². The summed E-state index contributed by atoms with van der Waals surface area (Å²) in [6, 6.07) is 1.37. The van der Waals surface area contributed by atoms with Crippen LogP contribution in [0.2, 0.25) is 0 Å². The van der Waals surface area contributed by atoms with Crippen LogP contribution in [0.3, 0.4) is 0 Å². The van der Waals surface area contributed by atoms with Gasteiger partial charge in [0, 0.05) is 25.2 Å². The molecule has 1 aliphatic heterocycles. The van der Waals surface area contributed by atoms with E-state index in [0.29, 0.717) is 12.1 Å². The monoisotopic (exact) mass is 196 g/mol. The summed E-state index contributed by atoms with van der Waals surface area (Å²) in [6.07, 6.45) is 1.25. The van der Waals surface area contributed by atoms with Crippen molar-refractivity contribution < 1.29 is 0 Å². The van der Waals surface area contributed by atoms with E-state index in [1.807, 2.05) is 0 Å². The van der Waals surface area contributed by atoms with E-state index >= 15 is 0 Å². The molecule has 2 nitrogen and oxygen atoms in total. The quantitative estimate of drug-likeness (QED) is 0.693. The van der Waals surface area contributed by atoms with E-state index in [1.54, 1.807) is 0 Å². The molecule has 0 bridgehead atoms. The highest BCUT2D eigenvalue weighted by Crippen LogP contribution is 2.20. The van der Waals surface area contributed by atoms with E-state index in [2.05, 4.69) is 44.6 Å². The number of nitrogens with zero attached hydrogens (tertiary/aromatic N) is 1. The van der Waals surface area contributed by atoms with Crippen molar-refractivity contribution in [3.63, 3.8) is 0 Å². The summed E-state index contributed by atoms with van der Waals surface area (Å²) in [6.45, 7) is 12.8. The molecule has 1 rings (SSSR count). The second-order valence-corrected chi connectivity index (χ2v) is 4.95. The molecule has 1 saturated heterocycles. The van der Waals surface area contributed by atoms with Gasteiger partial charge >= 0.3 is 0 Å². The van der Waals surface area contributed by atoms with E-state index in [9.17, 15) is 0 Å². The van der Waals surface area contributed by atoms with Crippen molar-refractivity contribution >= 4 is 0 Å². The number of hydrogen-bond acceptors (Lipinski definition) is 2. The topological polar surface area (TPSA) is 15.3 Å². The largest absolute Gasteiger partial charge is 0.310 e. The van der Waals surface area contributed by atoms with E-state index in [0.717, 1.165) is 12.5 Å². The zero-order chi connectivity index (χ0) is 10.7. The van der Waals surface area contributed by atoms with Gasteiger partial charge in [-0.05, 0) is 33.2 Å². The number of piperidine rings is 1. The summed E-state index contributed by atoms with van der Waals surface area (Å²) in [4.78, 5) is 2.45. The molecule has 3 unspecified atom stereocenters. The Kier molecular flexibility index (Phi) is 4.14. The maximum absolute atomic E-state index is 3.93. The number of likely N-dealkylation sites (tertiary alicyclic amines) is 1. The van der Waals surface area contributed by atoms with Crippen LogP contribution < -0.4 is 5.32 Å². The third kappa shape index (κ3) is 3.10. The molecule has 0 aromatic heterocycles. The Morgan fingerprint density at radius 3 is 2.71 bits per heavy atom. The van der Waals surface area contributed by atoms with Crippen LogP contribution in [-0.2, 0) is 0 Å². The fourth-order valence-corrected chi connectivity index (χ4v) is 2.13. The fourth-order valence-electron chi connectivity index (χ4n) is 2.13. The first-order valence-electron chi connectivity index (χ1n) is 5.58. The molecule has 0 amide bonds. The lowest BCUT2D eigenvalue weighted by Gasteiger charge is -2.40. The average molecular weight is 196 g/mol. The minimum atomic E-state index is 0.665. The van der Waals surface area contributed by atoms with Gasteiger partial charge in [0.2, 0.25) is 0 Å². The highest BCUT2D eigenvalue weighted by molar-refractivity contribution is 4.94. The summed E-state index contributed by atoms with van der Waals surface area (Å²) in [5.74, 6) is 0.746. The van der Waals surface area contributed by atoms with Gasteiger partial charge in [0.15, 0.2) is 0 Å². The second-order valence-electron chi connectivity index (χ2n) is 4.95. The smallest absolute Gasteiger partial charge is 0.0161 e. The lowest BCUT2D eigenvalue weighted by atomic mass is 9.90. The zero-order valence-electron chi connectivity index (χ0n) is 10.0. The van der Waals surface area contributed by atoms with Crippen LogP contribution in [0, 0.1) is 5.92 Å².